The van der Waals surface area contributed by atoms with Gasteiger partial charge >= 0.3 is 0 Å². The smallest absolute Gasteiger partial charge is 0.257 e. The standard InChI is InChI=1S/C18H27N5O2/c1-5-6-7-8-13-12(4)21-16-14(15(13)24)17(25)23(22-16)18-19-10(2)9-11(3)20-18/h9,12-14,16,21-22H,5-8H2,1-4H3. The first-order chi connectivity index (χ1) is 11.9. The molecule has 0 spiro atoms. The fourth-order valence-corrected chi connectivity index (χ4v) is 3.82. The molecule has 136 valence electrons. The molecule has 1 aromatic rings. The number of hydrogen-bond donors (Lipinski definition) is 2. The molecule has 2 saturated heterocycles. The van der Waals surface area contributed by atoms with Gasteiger partial charge in [0.15, 0.2) is 5.78 Å². The van der Waals surface area contributed by atoms with Crippen molar-refractivity contribution in [2.24, 2.45) is 11.8 Å². The summed E-state index contributed by atoms with van der Waals surface area (Å²) in [5, 5.41) is 4.73. The van der Waals surface area contributed by atoms with Crippen molar-refractivity contribution in [1.29, 1.82) is 0 Å². The number of aromatic nitrogens is 2. The Labute approximate surface area is 148 Å². The zero-order valence-corrected chi connectivity index (χ0v) is 15.4. The molecule has 2 fully saturated rings. The molecule has 0 saturated carbocycles. The van der Waals surface area contributed by atoms with E-state index in [1.807, 2.05) is 26.8 Å². The Morgan fingerprint density at radius 3 is 2.48 bits per heavy atom. The van der Waals surface area contributed by atoms with Gasteiger partial charge in [0.2, 0.25) is 5.95 Å². The summed E-state index contributed by atoms with van der Waals surface area (Å²) < 4.78 is 0. The number of carbonyl (C=O) groups excluding carboxylic acids is 2. The average Bonchev–Trinajstić information content (AvgIpc) is 2.86. The van der Waals surface area contributed by atoms with Gasteiger partial charge in [0.05, 0.1) is 6.17 Å². The number of nitrogens with one attached hydrogen (secondary N) is 2. The minimum atomic E-state index is -0.702. The molecule has 0 aromatic carbocycles. The fourth-order valence-electron chi connectivity index (χ4n) is 3.82. The van der Waals surface area contributed by atoms with Crippen LogP contribution in [-0.2, 0) is 9.59 Å². The van der Waals surface area contributed by atoms with Crippen molar-refractivity contribution in [3.8, 4) is 0 Å². The molecule has 4 unspecified atom stereocenters. The average molecular weight is 345 g/mol. The lowest BCUT2D eigenvalue weighted by Gasteiger charge is -2.35. The summed E-state index contributed by atoms with van der Waals surface area (Å²) in [6, 6.07) is 1.90. The zero-order chi connectivity index (χ0) is 18.1. The van der Waals surface area contributed by atoms with Crippen molar-refractivity contribution in [2.45, 2.75) is 65.6 Å². The lowest BCUT2D eigenvalue weighted by Crippen LogP contribution is -2.59. The number of ketones is 1. The molecule has 1 aromatic heterocycles. The number of unbranched alkanes of at least 4 members (excludes halogenated alkanes) is 2. The van der Waals surface area contributed by atoms with Crippen LogP contribution in [0.4, 0.5) is 5.95 Å². The Hall–Kier alpha value is -1.86. The van der Waals surface area contributed by atoms with Gasteiger partial charge in [0.25, 0.3) is 5.91 Å². The summed E-state index contributed by atoms with van der Waals surface area (Å²) in [4.78, 5) is 34.5. The third-order valence-electron chi connectivity index (χ3n) is 5.10. The summed E-state index contributed by atoms with van der Waals surface area (Å²) in [6.45, 7) is 7.89. The molecule has 3 rings (SSSR count). The minimum Gasteiger partial charge on any atom is -0.298 e. The molecule has 25 heavy (non-hydrogen) atoms. The molecular weight excluding hydrogens is 318 g/mol. The highest BCUT2D eigenvalue weighted by Gasteiger charge is 2.52. The van der Waals surface area contributed by atoms with Crippen molar-refractivity contribution in [3.05, 3.63) is 17.5 Å². The predicted octanol–water partition coefficient (Wildman–Crippen LogP) is 1.64. The summed E-state index contributed by atoms with van der Waals surface area (Å²) >= 11 is 0. The number of Topliss-reactive ketones (excluding diaryl/α,β-unsaturated/α-hetero) is 1. The highest BCUT2D eigenvalue weighted by Crippen LogP contribution is 2.31. The number of aryl methyl sites for hydroxylation is 2. The maximum atomic E-state index is 13.0. The topological polar surface area (TPSA) is 87.2 Å². The van der Waals surface area contributed by atoms with E-state index in [4.69, 9.17) is 0 Å². The number of anilines is 1. The van der Waals surface area contributed by atoms with Gasteiger partial charge in [-0.2, -0.15) is 0 Å². The fraction of sp³-hybridized carbons (Fsp3) is 0.667. The van der Waals surface area contributed by atoms with E-state index in [-0.39, 0.29) is 29.8 Å². The van der Waals surface area contributed by atoms with Crippen LogP contribution in [0.1, 0.15) is 50.9 Å². The highest BCUT2D eigenvalue weighted by atomic mass is 16.2. The van der Waals surface area contributed by atoms with Crippen LogP contribution in [-0.4, -0.2) is 33.9 Å². The third-order valence-corrected chi connectivity index (χ3v) is 5.10. The molecule has 4 atom stereocenters. The van der Waals surface area contributed by atoms with E-state index in [1.54, 1.807) is 0 Å². The molecule has 7 heteroatoms. The molecule has 2 aliphatic rings. The van der Waals surface area contributed by atoms with Crippen molar-refractivity contribution >= 4 is 17.6 Å². The van der Waals surface area contributed by atoms with Crippen LogP contribution in [0.25, 0.3) is 0 Å². The second-order valence-corrected chi connectivity index (χ2v) is 7.17. The second-order valence-electron chi connectivity index (χ2n) is 7.17. The normalized spacial score (nSPS) is 29.2. The quantitative estimate of drug-likeness (QED) is 0.623. The zero-order valence-electron chi connectivity index (χ0n) is 15.4. The predicted molar refractivity (Wildman–Crippen MR) is 94.6 cm³/mol. The van der Waals surface area contributed by atoms with Crippen molar-refractivity contribution < 1.29 is 9.59 Å². The van der Waals surface area contributed by atoms with Crippen LogP contribution >= 0.6 is 0 Å². The SMILES string of the molecule is CCCCCC1C(=O)C2C(=O)N(c3nc(C)cc(C)n3)NC2NC1C. The van der Waals surface area contributed by atoms with Gasteiger partial charge in [0, 0.05) is 23.3 Å². The summed E-state index contributed by atoms with van der Waals surface area (Å²) in [5.74, 6) is -0.732. The van der Waals surface area contributed by atoms with Gasteiger partial charge in [-0.05, 0) is 33.3 Å². The molecule has 2 N–H and O–H groups in total. The third kappa shape index (κ3) is 3.43. The van der Waals surface area contributed by atoms with Gasteiger partial charge in [-0.15, -0.1) is 0 Å². The van der Waals surface area contributed by atoms with Gasteiger partial charge in [-0.25, -0.2) is 20.4 Å². The molecular formula is C18H27N5O2. The van der Waals surface area contributed by atoms with Crippen LogP contribution in [0.3, 0.4) is 0 Å². The number of amides is 1. The highest BCUT2D eigenvalue weighted by molar-refractivity contribution is 6.11. The van der Waals surface area contributed by atoms with Crippen LogP contribution < -0.4 is 15.8 Å². The molecule has 2 aliphatic heterocycles. The lowest BCUT2D eigenvalue weighted by molar-refractivity contribution is -0.137. The summed E-state index contributed by atoms with van der Waals surface area (Å²) in [7, 11) is 0. The lowest BCUT2D eigenvalue weighted by atomic mass is 9.79. The van der Waals surface area contributed by atoms with Crippen molar-refractivity contribution in [2.75, 3.05) is 5.01 Å². The van der Waals surface area contributed by atoms with E-state index in [2.05, 4.69) is 27.6 Å². The number of hydrazine groups is 1. The van der Waals surface area contributed by atoms with E-state index < -0.39 is 5.92 Å². The van der Waals surface area contributed by atoms with E-state index in [1.165, 1.54) is 5.01 Å². The van der Waals surface area contributed by atoms with E-state index >= 15 is 0 Å². The first-order valence-electron chi connectivity index (χ1n) is 9.14. The van der Waals surface area contributed by atoms with Crippen LogP contribution in [0, 0.1) is 25.7 Å². The largest absolute Gasteiger partial charge is 0.298 e. The number of rotatable bonds is 5. The Bertz CT molecular complexity index is 657. The number of piperidine rings is 1. The van der Waals surface area contributed by atoms with Crippen molar-refractivity contribution in [3.63, 3.8) is 0 Å². The first-order valence-corrected chi connectivity index (χ1v) is 9.14. The number of fused-ring (bicyclic) bond motifs is 1. The second kappa shape index (κ2) is 7.17. The Kier molecular flexibility index (Phi) is 5.15. The van der Waals surface area contributed by atoms with Crippen LogP contribution in [0.2, 0.25) is 0 Å². The van der Waals surface area contributed by atoms with E-state index in [0.717, 1.165) is 37.1 Å². The van der Waals surface area contributed by atoms with E-state index in [0.29, 0.717) is 5.95 Å². The monoisotopic (exact) mass is 345 g/mol. The van der Waals surface area contributed by atoms with Gasteiger partial charge in [-0.1, -0.05) is 26.2 Å². The Balaban J connectivity index is 1.80. The molecule has 0 radical (unpaired) electrons. The maximum absolute atomic E-state index is 13.0. The molecule has 7 nitrogen and oxygen atoms in total. The van der Waals surface area contributed by atoms with E-state index in [9.17, 15) is 9.59 Å². The summed E-state index contributed by atoms with van der Waals surface area (Å²) in [6.07, 6.45) is 3.69. The maximum Gasteiger partial charge on any atom is 0.257 e. The van der Waals surface area contributed by atoms with Crippen LogP contribution in [0.5, 0.6) is 0 Å². The van der Waals surface area contributed by atoms with Crippen molar-refractivity contribution in [1.82, 2.24) is 20.7 Å². The first kappa shape index (κ1) is 17.9. The number of hydrogen-bond acceptors (Lipinski definition) is 6. The molecule has 0 bridgehead atoms. The molecule has 3 heterocycles. The van der Waals surface area contributed by atoms with Gasteiger partial charge in [0.1, 0.15) is 5.92 Å². The molecule has 0 aliphatic carbocycles. The minimum absolute atomic E-state index is 0.0386. The number of carbonyl (C=O) groups is 2. The number of nitrogens with zero attached hydrogens (tertiary/aromatic N) is 3. The molecule has 1 amide bonds. The Morgan fingerprint density at radius 2 is 1.84 bits per heavy atom. The summed E-state index contributed by atoms with van der Waals surface area (Å²) in [5.41, 5.74) is 4.67. The van der Waals surface area contributed by atoms with Gasteiger partial charge < -0.3 is 0 Å². The Morgan fingerprint density at radius 1 is 1.16 bits per heavy atom. The van der Waals surface area contributed by atoms with Crippen LogP contribution in [0.15, 0.2) is 6.07 Å². The van der Waals surface area contributed by atoms with Gasteiger partial charge in [-0.3, -0.25) is 14.9 Å².